The van der Waals surface area contributed by atoms with Gasteiger partial charge in [-0.15, -0.1) is 0 Å². The second-order valence-corrected chi connectivity index (χ2v) is 8.72. The maximum atomic E-state index is 12.0. The molecule has 2 heteroatoms. The topological polar surface area (TPSA) is 29.1 Å². The summed E-state index contributed by atoms with van der Waals surface area (Å²) in [6.45, 7) is 5.95. The van der Waals surface area contributed by atoms with E-state index in [1.54, 1.807) is 0 Å². The molecule has 0 radical (unpaired) electrons. The first-order chi connectivity index (χ1) is 9.53. The normalized spacial score (nSPS) is 54.6. The number of hydrogen-bond acceptors (Lipinski definition) is 1. The summed E-state index contributed by atoms with van der Waals surface area (Å²) >= 11 is 0. The number of fused-ring (bicyclic) bond motifs is 5. The first-order valence-corrected chi connectivity index (χ1v) is 8.80. The van der Waals surface area contributed by atoms with Gasteiger partial charge in [0, 0.05) is 13.0 Å². The molecule has 20 heavy (non-hydrogen) atoms. The van der Waals surface area contributed by atoms with Crippen molar-refractivity contribution in [2.45, 2.75) is 65.2 Å². The second-order valence-electron chi connectivity index (χ2n) is 8.72. The van der Waals surface area contributed by atoms with Crippen molar-refractivity contribution in [1.82, 2.24) is 5.32 Å². The van der Waals surface area contributed by atoms with Crippen LogP contribution in [0.15, 0.2) is 0 Å². The average molecular weight is 275 g/mol. The summed E-state index contributed by atoms with van der Waals surface area (Å²) in [6, 6.07) is 0. The van der Waals surface area contributed by atoms with Crippen LogP contribution < -0.4 is 5.32 Å². The highest BCUT2D eigenvalue weighted by atomic mass is 16.1. The Labute approximate surface area is 123 Å². The number of hydrogen-bond donors (Lipinski definition) is 1. The lowest BCUT2D eigenvalue weighted by Crippen LogP contribution is -2.57. The molecule has 4 fully saturated rings. The first-order valence-electron chi connectivity index (χ1n) is 8.80. The van der Waals surface area contributed by atoms with Crippen LogP contribution in [0.25, 0.3) is 0 Å². The van der Waals surface area contributed by atoms with Gasteiger partial charge in [0.15, 0.2) is 0 Å². The molecule has 4 aliphatic rings. The minimum absolute atomic E-state index is 0.301. The van der Waals surface area contributed by atoms with Gasteiger partial charge in [0.1, 0.15) is 0 Å². The van der Waals surface area contributed by atoms with E-state index in [0.29, 0.717) is 16.7 Å². The van der Waals surface area contributed by atoms with E-state index in [1.165, 1.54) is 44.9 Å². The van der Waals surface area contributed by atoms with E-state index in [-0.39, 0.29) is 0 Å². The molecule has 1 saturated heterocycles. The van der Waals surface area contributed by atoms with Crippen LogP contribution in [-0.2, 0) is 4.79 Å². The van der Waals surface area contributed by atoms with E-state index in [2.05, 4.69) is 19.2 Å². The summed E-state index contributed by atoms with van der Waals surface area (Å²) in [7, 11) is 0. The van der Waals surface area contributed by atoms with Crippen LogP contribution in [0.2, 0.25) is 0 Å². The Balaban J connectivity index is 1.66. The molecule has 3 saturated carbocycles. The third-order valence-electron chi connectivity index (χ3n) is 7.93. The van der Waals surface area contributed by atoms with Crippen LogP contribution in [0.3, 0.4) is 0 Å². The molecule has 6 atom stereocenters. The molecule has 0 aromatic carbocycles. The van der Waals surface area contributed by atoms with Gasteiger partial charge >= 0.3 is 0 Å². The molecular weight excluding hydrogens is 246 g/mol. The van der Waals surface area contributed by atoms with Crippen molar-refractivity contribution in [1.29, 1.82) is 0 Å². The molecule has 3 aliphatic carbocycles. The number of amides is 1. The van der Waals surface area contributed by atoms with E-state index >= 15 is 0 Å². The first kappa shape index (κ1) is 13.2. The zero-order chi connectivity index (χ0) is 14.0. The summed E-state index contributed by atoms with van der Waals surface area (Å²) in [5.74, 6) is 3.76. The van der Waals surface area contributed by atoms with Gasteiger partial charge in [-0.1, -0.05) is 20.3 Å². The zero-order valence-electron chi connectivity index (χ0n) is 13.1. The molecule has 1 amide bonds. The summed E-state index contributed by atoms with van der Waals surface area (Å²) in [4.78, 5) is 12.0. The maximum absolute atomic E-state index is 12.0. The van der Waals surface area contributed by atoms with Crippen LogP contribution in [0.1, 0.15) is 65.2 Å². The summed E-state index contributed by atoms with van der Waals surface area (Å²) in [6.07, 6.45) is 10.8. The lowest BCUT2D eigenvalue weighted by Gasteiger charge is -2.59. The van der Waals surface area contributed by atoms with Gasteiger partial charge in [-0.3, -0.25) is 4.79 Å². The number of nitrogens with one attached hydrogen (secondary N) is 1. The Morgan fingerprint density at radius 1 is 1.05 bits per heavy atom. The number of piperidine rings is 1. The van der Waals surface area contributed by atoms with Crippen molar-refractivity contribution >= 4 is 5.91 Å². The fourth-order valence-electron chi connectivity index (χ4n) is 6.78. The van der Waals surface area contributed by atoms with E-state index in [4.69, 9.17) is 0 Å². The molecule has 2 nitrogen and oxygen atoms in total. The van der Waals surface area contributed by atoms with Crippen molar-refractivity contribution in [3.8, 4) is 0 Å². The third-order valence-corrected chi connectivity index (χ3v) is 7.93. The molecule has 0 aromatic heterocycles. The highest BCUT2D eigenvalue weighted by Gasteiger charge is 2.58. The minimum Gasteiger partial charge on any atom is -0.356 e. The van der Waals surface area contributed by atoms with Gasteiger partial charge in [0.05, 0.1) is 0 Å². The Kier molecular flexibility index (Phi) is 2.79. The third kappa shape index (κ3) is 1.66. The average Bonchev–Trinajstić information content (AvgIpc) is 2.79. The summed E-state index contributed by atoms with van der Waals surface area (Å²) < 4.78 is 0. The summed E-state index contributed by atoms with van der Waals surface area (Å²) in [5, 5.41) is 3.12. The molecule has 4 rings (SSSR count). The predicted molar refractivity (Wildman–Crippen MR) is 80.1 cm³/mol. The van der Waals surface area contributed by atoms with Crippen molar-refractivity contribution in [3.05, 3.63) is 0 Å². The molecule has 0 bridgehead atoms. The van der Waals surface area contributed by atoms with Crippen molar-refractivity contribution < 1.29 is 4.79 Å². The van der Waals surface area contributed by atoms with Crippen LogP contribution in [0, 0.1) is 34.5 Å². The Morgan fingerprint density at radius 2 is 1.90 bits per heavy atom. The maximum Gasteiger partial charge on any atom is 0.220 e. The van der Waals surface area contributed by atoms with Crippen molar-refractivity contribution in [3.63, 3.8) is 0 Å². The molecular formula is C18H29NO. The van der Waals surface area contributed by atoms with Crippen LogP contribution in [-0.4, -0.2) is 12.5 Å². The fourth-order valence-corrected chi connectivity index (χ4v) is 6.78. The van der Waals surface area contributed by atoms with Gasteiger partial charge < -0.3 is 5.32 Å². The molecule has 1 heterocycles. The van der Waals surface area contributed by atoms with E-state index in [1.807, 2.05) is 0 Å². The second kappa shape index (κ2) is 4.24. The largest absolute Gasteiger partial charge is 0.356 e. The predicted octanol–water partition coefficient (Wildman–Crippen LogP) is 3.76. The van der Waals surface area contributed by atoms with Crippen LogP contribution in [0.4, 0.5) is 0 Å². The Morgan fingerprint density at radius 3 is 2.75 bits per heavy atom. The van der Waals surface area contributed by atoms with E-state index < -0.39 is 0 Å². The van der Waals surface area contributed by atoms with Gasteiger partial charge in [-0.2, -0.15) is 0 Å². The van der Waals surface area contributed by atoms with Crippen molar-refractivity contribution in [2.24, 2.45) is 34.5 Å². The molecule has 1 aliphatic heterocycles. The quantitative estimate of drug-likeness (QED) is 0.716. The molecule has 0 aromatic rings. The van der Waals surface area contributed by atoms with Crippen LogP contribution >= 0.6 is 0 Å². The smallest absolute Gasteiger partial charge is 0.220 e. The minimum atomic E-state index is 0.301. The lowest BCUT2D eigenvalue weighted by atomic mass is 9.46. The number of rotatable bonds is 0. The highest BCUT2D eigenvalue weighted by molar-refractivity contribution is 5.77. The highest BCUT2D eigenvalue weighted by Crippen LogP contribution is 2.64. The molecule has 1 N–H and O–H groups in total. The fraction of sp³-hybridized carbons (Fsp3) is 0.944. The lowest BCUT2D eigenvalue weighted by molar-refractivity contribution is -0.141. The van der Waals surface area contributed by atoms with Crippen LogP contribution in [0.5, 0.6) is 0 Å². The van der Waals surface area contributed by atoms with Crippen molar-refractivity contribution in [2.75, 3.05) is 6.54 Å². The molecule has 0 unspecified atom stereocenters. The molecule has 112 valence electrons. The van der Waals surface area contributed by atoms with Gasteiger partial charge in [-0.05, 0) is 73.0 Å². The standard InChI is InChI=1S/C18H29NO/c1-17-8-3-4-14(17)13-6-5-12-11-19-16(20)10-18(12,2)15(13)7-9-17/h12-15H,3-11H2,1-2H3,(H,19,20)/t12-,13-,14+,15-,17+,18+/m0/s1. The Bertz CT molecular complexity index is 433. The SMILES string of the molecule is C[C@]12CCC[C@@H]1[C@@H]1CC[C@H]3CNC(=O)C[C@@]3(C)[C@H]1CC2. The van der Waals surface area contributed by atoms with Gasteiger partial charge in [0.2, 0.25) is 5.91 Å². The number of carbonyl (C=O) groups is 1. The van der Waals surface area contributed by atoms with E-state index in [0.717, 1.165) is 36.6 Å². The zero-order valence-corrected chi connectivity index (χ0v) is 13.1. The molecule has 0 spiro atoms. The van der Waals surface area contributed by atoms with E-state index in [9.17, 15) is 4.79 Å². The monoisotopic (exact) mass is 275 g/mol. The van der Waals surface area contributed by atoms with Gasteiger partial charge in [0.25, 0.3) is 0 Å². The summed E-state index contributed by atoms with van der Waals surface area (Å²) in [5.41, 5.74) is 0.941. The Hall–Kier alpha value is -0.530. The van der Waals surface area contributed by atoms with Gasteiger partial charge in [-0.25, -0.2) is 0 Å². The number of carbonyl (C=O) groups excluding carboxylic acids is 1.